The molecule has 7 heteroatoms. The second kappa shape index (κ2) is 7.65. The molecule has 0 saturated carbocycles. The molecule has 2 aromatic rings. The van der Waals surface area contributed by atoms with Gasteiger partial charge in [0.2, 0.25) is 0 Å². The summed E-state index contributed by atoms with van der Waals surface area (Å²) in [4.78, 5) is 36.9. The summed E-state index contributed by atoms with van der Waals surface area (Å²) in [6.45, 7) is 1.69. The predicted molar refractivity (Wildman–Crippen MR) is 96.1 cm³/mol. The molecule has 3 rings (SSSR count). The van der Waals surface area contributed by atoms with Gasteiger partial charge in [0.05, 0.1) is 5.56 Å². The molecule has 0 unspecified atom stereocenters. The van der Waals surface area contributed by atoms with E-state index >= 15 is 0 Å². The zero-order valence-electron chi connectivity index (χ0n) is 15.3. The molecule has 1 heterocycles. The second-order valence-corrected chi connectivity index (χ2v) is 6.62. The number of ether oxygens (including phenoxy) is 1. The summed E-state index contributed by atoms with van der Waals surface area (Å²) in [7, 11) is 1.67. The first-order chi connectivity index (χ1) is 12.9. The number of amides is 1. The van der Waals surface area contributed by atoms with Gasteiger partial charge in [-0.1, -0.05) is 12.1 Å². The maximum Gasteiger partial charge on any atom is 0.341 e. The first-order valence-corrected chi connectivity index (χ1v) is 8.71. The van der Waals surface area contributed by atoms with Gasteiger partial charge in [-0.15, -0.1) is 0 Å². The number of nitrogens with zero attached hydrogens (tertiary/aromatic N) is 1. The Morgan fingerprint density at radius 3 is 2.56 bits per heavy atom. The number of fused-ring (bicyclic) bond motifs is 1. The van der Waals surface area contributed by atoms with E-state index < -0.39 is 12.6 Å². The molecule has 0 radical (unpaired) electrons. The lowest BCUT2D eigenvalue weighted by atomic mass is 9.94. The average Bonchev–Trinajstić information content (AvgIpc) is 2.98. The third-order valence-electron chi connectivity index (χ3n) is 4.55. The number of Topliss-reactive ketones (excluding diaryl/α,β-unsaturated/α-hetero) is 1. The van der Waals surface area contributed by atoms with Crippen LogP contribution in [0, 0.1) is 6.92 Å². The SMILES string of the molecule is Cc1c(C(=O)N(C)Cc2ccc(OCC(=O)O)cc2)oc2c1C(=O)CCC2. The van der Waals surface area contributed by atoms with Gasteiger partial charge >= 0.3 is 5.97 Å². The van der Waals surface area contributed by atoms with E-state index in [-0.39, 0.29) is 17.5 Å². The Bertz CT molecular complexity index is 881. The van der Waals surface area contributed by atoms with E-state index in [1.165, 1.54) is 4.90 Å². The number of rotatable bonds is 6. The van der Waals surface area contributed by atoms with E-state index in [0.717, 1.165) is 12.0 Å². The summed E-state index contributed by atoms with van der Waals surface area (Å²) < 4.78 is 10.8. The maximum absolute atomic E-state index is 12.8. The molecule has 0 saturated heterocycles. The van der Waals surface area contributed by atoms with E-state index in [0.29, 0.717) is 42.0 Å². The van der Waals surface area contributed by atoms with Crippen molar-refractivity contribution < 1.29 is 28.6 Å². The van der Waals surface area contributed by atoms with Crippen LogP contribution in [0.3, 0.4) is 0 Å². The number of carbonyl (C=O) groups is 3. The quantitative estimate of drug-likeness (QED) is 0.839. The highest BCUT2D eigenvalue weighted by Crippen LogP contribution is 2.30. The minimum Gasteiger partial charge on any atom is -0.482 e. The minimum absolute atomic E-state index is 0.0381. The number of carboxylic acids is 1. The summed E-state index contributed by atoms with van der Waals surface area (Å²) in [5.41, 5.74) is 2.04. The summed E-state index contributed by atoms with van der Waals surface area (Å²) in [5, 5.41) is 8.62. The molecular formula is C20H21NO6. The molecule has 142 valence electrons. The van der Waals surface area contributed by atoms with Gasteiger partial charge in [-0.25, -0.2) is 4.79 Å². The van der Waals surface area contributed by atoms with Crippen LogP contribution in [0.2, 0.25) is 0 Å². The van der Waals surface area contributed by atoms with Crippen LogP contribution in [-0.2, 0) is 17.8 Å². The molecule has 0 spiro atoms. The van der Waals surface area contributed by atoms with Crippen molar-refractivity contribution in [1.82, 2.24) is 4.90 Å². The molecule has 1 aromatic carbocycles. The average molecular weight is 371 g/mol. The van der Waals surface area contributed by atoms with Crippen LogP contribution < -0.4 is 4.74 Å². The van der Waals surface area contributed by atoms with Gasteiger partial charge in [0, 0.05) is 32.0 Å². The van der Waals surface area contributed by atoms with Gasteiger partial charge in [0.25, 0.3) is 5.91 Å². The minimum atomic E-state index is -1.04. The predicted octanol–water partition coefficient (Wildman–Crippen LogP) is 2.84. The van der Waals surface area contributed by atoms with Crippen LogP contribution in [0.4, 0.5) is 0 Å². The summed E-state index contributed by atoms with van der Waals surface area (Å²) in [6.07, 6.45) is 1.92. The van der Waals surface area contributed by atoms with E-state index in [9.17, 15) is 14.4 Å². The number of hydrogen-bond donors (Lipinski definition) is 1. The molecule has 1 amide bonds. The molecule has 0 atom stereocenters. The Hall–Kier alpha value is -3.09. The number of hydrogen-bond acceptors (Lipinski definition) is 5. The molecular weight excluding hydrogens is 350 g/mol. The summed E-state index contributed by atoms with van der Waals surface area (Å²) in [6, 6.07) is 6.85. The topological polar surface area (TPSA) is 97.1 Å². The molecule has 0 bridgehead atoms. The monoisotopic (exact) mass is 371 g/mol. The van der Waals surface area contributed by atoms with Crippen LogP contribution in [0.25, 0.3) is 0 Å². The Kier molecular flexibility index (Phi) is 5.30. The smallest absolute Gasteiger partial charge is 0.341 e. The van der Waals surface area contributed by atoms with Crippen LogP contribution in [0.1, 0.15) is 50.6 Å². The fourth-order valence-electron chi connectivity index (χ4n) is 3.21. The number of ketones is 1. The van der Waals surface area contributed by atoms with E-state index in [1.807, 2.05) is 0 Å². The van der Waals surface area contributed by atoms with Crippen molar-refractivity contribution in [3.63, 3.8) is 0 Å². The van der Waals surface area contributed by atoms with Gasteiger partial charge in [-0.3, -0.25) is 9.59 Å². The Balaban J connectivity index is 1.69. The Morgan fingerprint density at radius 1 is 1.22 bits per heavy atom. The van der Waals surface area contributed by atoms with Gasteiger partial charge in [-0.05, 0) is 31.0 Å². The van der Waals surface area contributed by atoms with E-state index in [4.69, 9.17) is 14.3 Å². The summed E-state index contributed by atoms with van der Waals surface area (Å²) in [5.74, 6) is -0.000695. The summed E-state index contributed by atoms with van der Waals surface area (Å²) >= 11 is 0. The lowest BCUT2D eigenvalue weighted by molar-refractivity contribution is -0.139. The largest absolute Gasteiger partial charge is 0.482 e. The van der Waals surface area contributed by atoms with Crippen molar-refractivity contribution in [3.05, 3.63) is 52.5 Å². The molecule has 1 aromatic heterocycles. The molecule has 7 nitrogen and oxygen atoms in total. The second-order valence-electron chi connectivity index (χ2n) is 6.62. The molecule has 0 fully saturated rings. The molecule has 1 aliphatic rings. The zero-order chi connectivity index (χ0) is 19.6. The maximum atomic E-state index is 12.8. The van der Waals surface area contributed by atoms with E-state index in [2.05, 4.69) is 0 Å². The standard InChI is InChI=1S/C20H21NO6/c1-12-18-15(22)4-3-5-16(18)27-19(12)20(25)21(2)10-13-6-8-14(9-7-13)26-11-17(23)24/h6-9H,3-5,10-11H2,1-2H3,(H,23,24). The third kappa shape index (κ3) is 4.02. The van der Waals surface area contributed by atoms with Crippen LogP contribution in [0.15, 0.2) is 28.7 Å². The van der Waals surface area contributed by atoms with E-state index in [1.54, 1.807) is 38.2 Å². The van der Waals surface area contributed by atoms with Crippen molar-refractivity contribution in [2.75, 3.05) is 13.7 Å². The molecule has 1 aliphatic carbocycles. The number of aryl methyl sites for hydroxylation is 1. The van der Waals surface area contributed by atoms with Gasteiger partial charge in [0.15, 0.2) is 18.2 Å². The number of aliphatic carboxylic acids is 1. The van der Waals surface area contributed by atoms with Crippen molar-refractivity contribution in [3.8, 4) is 5.75 Å². The van der Waals surface area contributed by atoms with Crippen LogP contribution in [0.5, 0.6) is 5.75 Å². The number of furan rings is 1. The van der Waals surface area contributed by atoms with Crippen molar-refractivity contribution in [2.24, 2.45) is 0 Å². The van der Waals surface area contributed by atoms with Crippen molar-refractivity contribution >= 4 is 17.7 Å². The van der Waals surface area contributed by atoms with Crippen molar-refractivity contribution in [2.45, 2.75) is 32.7 Å². The normalized spacial score (nSPS) is 13.2. The fourth-order valence-corrected chi connectivity index (χ4v) is 3.21. The fraction of sp³-hybridized carbons (Fsp3) is 0.350. The molecule has 1 N–H and O–H groups in total. The molecule has 0 aliphatic heterocycles. The number of carboxylic acid groups (broad SMARTS) is 1. The third-order valence-corrected chi connectivity index (χ3v) is 4.55. The Morgan fingerprint density at radius 2 is 1.93 bits per heavy atom. The highest BCUT2D eigenvalue weighted by Gasteiger charge is 2.29. The van der Waals surface area contributed by atoms with Crippen LogP contribution >= 0.6 is 0 Å². The van der Waals surface area contributed by atoms with Crippen molar-refractivity contribution in [1.29, 1.82) is 0 Å². The number of carbonyl (C=O) groups excluding carboxylic acids is 2. The lowest BCUT2D eigenvalue weighted by Gasteiger charge is -2.16. The highest BCUT2D eigenvalue weighted by molar-refractivity contribution is 6.03. The van der Waals surface area contributed by atoms with Gasteiger partial charge < -0.3 is 19.2 Å². The van der Waals surface area contributed by atoms with Gasteiger partial charge in [-0.2, -0.15) is 0 Å². The first kappa shape index (κ1) is 18.7. The van der Waals surface area contributed by atoms with Crippen LogP contribution in [-0.4, -0.2) is 41.3 Å². The molecule has 27 heavy (non-hydrogen) atoms. The number of benzene rings is 1. The zero-order valence-corrected chi connectivity index (χ0v) is 15.3. The Labute approximate surface area is 156 Å². The first-order valence-electron chi connectivity index (χ1n) is 8.71. The lowest BCUT2D eigenvalue weighted by Crippen LogP contribution is -2.26. The van der Waals surface area contributed by atoms with Gasteiger partial charge in [0.1, 0.15) is 11.5 Å². The highest BCUT2D eigenvalue weighted by atomic mass is 16.5.